The predicted octanol–water partition coefficient (Wildman–Crippen LogP) is 0.508. The Morgan fingerprint density at radius 2 is 1.96 bits per heavy atom. The Hall–Kier alpha value is -1.37. The maximum Gasteiger partial charge on any atom is 0.169 e. The number of para-hydroxylation sites is 1. The summed E-state index contributed by atoms with van der Waals surface area (Å²) in [4.78, 5) is 6.25. The molecule has 2 fully saturated rings. The van der Waals surface area contributed by atoms with E-state index in [4.69, 9.17) is 17.0 Å². The zero-order valence-electron chi connectivity index (χ0n) is 15.3. The lowest BCUT2D eigenvalue weighted by Gasteiger charge is -2.27. The number of ether oxygens (including phenoxy) is 1. The highest BCUT2D eigenvalue weighted by molar-refractivity contribution is 7.80. The molecular formula is C19H31N4OS+. The van der Waals surface area contributed by atoms with Gasteiger partial charge in [0.15, 0.2) is 5.11 Å². The number of hydrogen-bond donors (Lipinski definition) is 2. The van der Waals surface area contributed by atoms with Gasteiger partial charge in [0.2, 0.25) is 0 Å². The van der Waals surface area contributed by atoms with Crippen molar-refractivity contribution < 1.29 is 9.64 Å². The normalized spacial score (nSPS) is 18.4. The van der Waals surface area contributed by atoms with Crippen molar-refractivity contribution in [2.45, 2.75) is 19.4 Å². The number of thiocarbonyl (C=S) groups is 1. The van der Waals surface area contributed by atoms with Gasteiger partial charge in [-0.1, -0.05) is 18.2 Å². The molecule has 2 N–H and O–H groups in total. The van der Waals surface area contributed by atoms with Gasteiger partial charge in [-0.3, -0.25) is 0 Å². The number of rotatable bonds is 6. The molecule has 6 heteroatoms. The van der Waals surface area contributed by atoms with Crippen molar-refractivity contribution in [3.63, 3.8) is 0 Å². The molecule has 3 rings (SSSR count). The largest absolute Gasteiger partial charge is 0.371 e. The van der Waals surface area contributed by atoms with Gasteiger partial charge < -0.3 is 24.8 Å². The number of hydrogen-bond acceptors (Lipinski definition) is 3. The Labute approximate surface area is 156 Å². The third-order valence-corrected chi connectivity index (χ3v) is 5.60. The maximum absolute atomic E-state index is 5.59. The molecule has 0 saturated carbocycles. The topological polar surface area (TPSA) is 32.2 Å². The van der Waals surface area contributed by atoms with Crippen molar-refractivity contribution in [2.24, 2.45) is 0 Å². The van der Waals surface area contributed by atoms with Gasteiger partial charge in [0.25, 0.3) is 0 Å². The fourth-order valence-corrected chi connectivity index (χ4v) is 3.80. The first kappa shape index (κ1) is 18.4. The minimum Gasteiger partial charge on any atom is -0.371 e. The molecule has 0 aliphatic carbocycles. The Bertz CT molecular complexity index is 556. The fourth-order valence-electron chi connectivity index (χ4n) is 3.63. The number of benzene rings is 1. The summed E-state index contributed by atoms with van der Waals surface area (Å²) in [5.41, 5.74) is 2.72. The van der Waals surface area contributed by atoms with E-state index in [2.05, 4.69) is 46.4 Å². The number of morpholine rings is 1. The Morgan fingerprint density at radius 3 is 2.72 bits per heavy atom. The van der Waals surface area contributed by atoms with Crippen LogP contribution in [0.15, 0.2) is 24.3 Å². The minimum atomic E-state index is 0.837. The monoisotopic (exact) mass is 363 g/mol. The molecule has 0 spiro atoms. The van der Waals surface area contributed by atoms with Crippen molar-refractivity contribution >= 4 is 23.0 Å². The number of quaternary nitrogens is 1. The van der Waals surface area contributed by atoms with Crippen LogP contribution in [0.1, 0.15) is 18.4 Å². The molecule has 1 aromatic rings. The molecule has 0 radical (unpaired) electrons. The van der Waals surface area contributed by atoms with Crippen LogP contribution in [-0.2, 0) is 11.3 Å². The van der Waals surface area contributed by atoms with Crippen LogP contribution in [0.4, 0.5) is 5.69 Å². The first-order chi connectivity index (χ1) is 12.2. The third-order valence-electron chi connectivity index (χ3n) is 5.15. The molecule has 0 atom stereocenters. The van der Waals surface area contributed by atoms with Crippen molar-refractivity contribution in [2.75, 3.05) is 64.4 Å². The van der Waals surface area contributed by atoms with Gasteiger partial charge in [-0.2, -0.15) is 0 Å². The predicted molar refractivity (Wildman–Crippen MR) is 106 cm³/mol. The van der Waals surface area contributed by atoms with Crippen LogP contribution in [0.25, 0.3) is 0 Å². The van der Waals surface area contributed by atoms with Gasteiger partial charge >= 0.3 is 0 Å². The molecule has 2 aliphatic heterocycles. The molecule has 1 aromatic carbocycles. The van der Waals surface area contributed by atoms with E-state index < -0.39 is 0 Å². The van der Waals surface area contributed by atoms with Crippen LogP contribution in [0, 0.1) is 0 Å². The van der Waals surface area contributed by atoms with Crippen LogP contribution in [0.3, 0.4) is 0 Å². The molecule has 138 valence electrons. The van der Waals surface area contributed by atoms with Gasteiger partial charge in [0.05, 0.1) is 26.3 Å². The van der Waals surface area contributed by atoms with Crippen molar-refractivity contribution in [3.8, 4) is 0 Å². The third kappa shape index (κ3) is 5.30. The molecule has 0 bridgehead atoms. The highest BCUT2D eigenvalue weighted by Gasteiger charge is 2.17. The van der Waals surface area contributed by atoms with E-state index in [1.807, 2.05) is 0 Å². The number of anilines is 1. The van der Waals surface area contributed by atoms with Gasteiger partial charge in [-0.05, 0) is 36.7 Å². The molecule has 0 unspecified atom stereocenters. The van der Waals surface area contributed by atoms with E-state index >= 15 is 0 Å². The molecular weight excluding hydrogens is 332 g/mol. The molecule has 0 amide bonds. The summed E-state index contributed by atoms with van der Waals surface area (Å²) in [6.45, 7) is 9.19. The Balaban J connectivity index is 1.48. The first-order valence-electron chi connectivity index (χ1n) is 9.47. The smallest absolute Gasteiger partial charge is 0.169 e. The van der Waals surface area contributed by atoms with Crippen molar-refractivity contribution in [1.82, 2.24) is 10.2 Å². The summed E-state index contributed by atoms with van der Waals surface area (Å²) in [6, 6.07) is 8.73. The zero-order valence-corrected chi connectivity index (χ0v) is 16.1. The summed E-state index contributed by atoms with van der Waals surface area (Å²) in [5.74, 6) is 0. The minimum absolute atomic E-state index is 0.837. The van der Waals surface area contributed by atoms with E-state index in [0.717, 1.165) is 51.0 Å². The first-order valence-corrected chi connectivity index (χ1v) is 9.88. The summed E-state index contributed by atoms with van der Waals surface area (Å²) in [5, 5.41) is 4.26. The van der Waals surface area contributed by atoms with E-state index in [0.29, 0.717) is 0 Å². The molecule has 2 saturated heterocycles. The van der Waals surface area contributed by atoms with Crippen molar-refractivity contribution in [3.05, 3.63) is 29.8 Å². The standard InChI is InChI=1S/C19H30N4OS/c1-21(19(25)20-8-11-22-12-14-24-15-13-22)16-17-6-2-3-7-18(17)23-9-4-5-10-23/h2-3,6-7H,4-5,8-16H2,1H3,(H,20,25)/p+1. The quantitative estimate of drug-likeness (QED) is 0.720. The van der Waals surface area contributed by atoms with Crippen LogP contribution < -0.4 is 15.1 Å². The molecule has 2 heterocycles. The van der Waals surface area contributed by atoms with Crippen molar-refractivity contribution in [1.29, 1.82) is 0 Å². The second-order valence-corrected chi connectivity index (χ2v) is 7.41. The van der Waals surface area contributed by atoms with Crippen LogP contribution in [0.2, 0.25) is 0 Å². The Morgan fingerprint density at radius 1 is 1.24 bits per heavy atom. The summed E-state index contributed by atoms with van der Waals surface area (Å²) < 4.78 is 5.41. The van der Waals surface area contributed by atoms with Crippen LogP contribution in [-0.4, -0.2) is 69.5 Å². The Kier molecular flexibility index (Phi) is 6.90. The van der Waals surface area contributed by atoms with E-state index in [9.17, 15) is 0 Å². The summed E-state index contributed by atoms with van der Waals surface area (Å²) in [6.07, 6.45) is 2.60. The zero-order chi connectivity index (χ0) is 17.5. The highest BCUT2D eigenvalue weighted by atomic mass is 32.1. The lowest BCUT2D eigenvalue weighted by atomic mass is 10.1. The second kappa shape index (κ2) is 9.36. The molecule has 5 nitrogen and oxygen atoms in total. The summed E-state index contributed by atoms with van der Waals surface area (Å²) in [7, 11) is 2.08. The van der Waals surface area contributed by atoms with Gasteiger partial charge in [-0.25, -0.2) is 0 Å². The van der Waals surface area contributed by atoms with E-state index in [1.54, 1.807) is 4.90 Å². The SMILES string of the molecule is CN(Cc1ccccc1N1CCCC1)C(=S)NCC[NH+]1CCOCC1. The van der Waals surface area contributed by atoms with Gasteiger partial charge in [0, 0.05) is 32.4 Å². The fraction of sp³-hybridized carbons (Fsp3) is 0.632. The van der Waals surface area contributed by atoms with Gasteiger partial charge in [-0.15, -0.1) is 0 Å². The lowest BCUT2D eigenvalue weighted by molar-refractivity contribution is -0.906. The lowest BCUT2D eigenvalue weighted by Crippen LogP contribution is -3.14. The van der Waals surface area contributed by atoms with Crippen LogP contribution in [0.5, 0.6) is 0 Å². The number of nitrogens with zero attached hydrogens (tertiary/aromatic N) is 2. The maximum atomic E-state index is 5.59. The van der Waals surface area contributed by atoms with Gasteiger partial charge in [0.1, 0.15) is 13.1 Å². The second-order valence-electron chi connectivity index (χ2n) is 7.02. The van der Waals surface area contributed by atoms with E-state index in [-0.39, 0.29) is 0 Å². The molecule has 0 aromatic heterocycles. The van der Waals surface area contributed by atoms with E-state index in [1.165, 1.54) is 37.2 Å². The molecule has 2 aliphatic rings. The summed E-state index contributed by atoms with van der Waals surface area (Å²) >= 11 is 5.59. The average molecular weight is 364 g/mol. The number of nitrogens with one attached hydrogen (secondary N) is 2. The molecule has 25 heavy (non-hydrogen) atoms. The highest BCUT2D eigenvalue weighted by Crippen LogP contribution is 2.25. The van der Waals surface area contributed by atoms with Crippen LogP contribution >= 0.6 is 12.2 Å². The average Bonchev–Trinajstić information content (AvgIpc) is 3.17.